The molecule has 0 aliphatic heterocycles. The van der Waals surface area contributed by atoms with Crippen molar-refractivity contribution in [3.63, 3.8) is 0 Å². The Hall–Kier alpha value is -5.75. The first-order valence-corrected chi connectivity index (χ1v) is 20.8. The second-order valence-electron chi connectivity index (χ2n) is 15.8. The molecular weight excluding hydrogens is 952 g/mol. The molecule has 6 aromatic rings. The molecule has 0 bridgehead atoms. The lowest BCUT2D eigenvalue weighted by Gasteiger charge is -2.47. The van der Waals surface area contributed by atoms with E-state index < -0.39 is 147 Å². The quantitative estimate of drug-likeness (QED) is 0.0437. The monoisotopic (exact) mass is 982 g/mol. The molecule has 0 heterocycles. The van der Waals surface area contributed by atoms with E-state index in [1.807, 2.05) is 0 Å². The van der Waals surface area contributed by atoms with Gasteiger partial charge in [-0.15, -0.1) is 0 Å². The minimum Gasteiger partial charge on any atom is -0.573 e. The molecule has 21 heteroatoms. The minimum absolute atomic E-state index is 0.293. The van der Waals surface area contributed by atoms with Crippen LogP contribution in [0.1, 0.15) is 57.0 Å². The van der Waals surface area contributed by atoms with Gasteiger partial charge in [-0.2, -0.15) is 13.2 Å². The predicted molar refractivity (Wildman–Crippen MR) is 217 cm³/mol. The van der Waals surface area contributed by atoms with Crippen LogP contribution in [0, 0.1) is 129 Å². The van der Waals surface area contributed by atoms with Gasteiger partial charge in [0.25, 0.3) is 0 Å². The van der Waals surface area contributed by atoms with Crippen molar-refractivity contribution in [2.24, 2.45) is 0 Å². The topological polar surface area (TPSA) is 9.23 Å². The fraction of sp³-hybridized carbons (Fsp3) is 0.196. The van der Waals surface area contributed by atoms with Gasteiger partial charge in [-0.25, -0.2) is 65.9 Å². The maximum Gasteiger partial charge on any atom is 0.416 e. The Balaban J connectivity index is 1.89. The number of alkyl halides is 3. The van der Waals surface area contributed by atoms with Gasteiger partial charge < -0.3 is 4.65 Å². The summed E-state index contributed by atoms with van der Waals surface area (Å²) in [4.78, 5) is 0. The molecule has 0 aliphatic rings. The van der Waals surface area contributed by atoms with Gasteiger partial charge in [-0.05, 0) is 81.5 Å². The zero-order valence-corrected chi connectivity index (χ0v) is 36.1. The molecule has 0 saturated carbocycles. The molecule has 1 unspecified atom stereocenters. The van der Waals surface area contributed by atoms with Crippen LogP contribution in [0.4, 0.5) is 79.0 Å². The molecule has 0 N–H and O–H groups in total. The summed E-state index contributed by atoms with van der Waals surface area (Å²) in [6, 6.07) is 8.50. The van der Waals surface area contributed by atoms with Gasteiger partial charge in [-0.3, -0.25) is 0 Å². The molecule has 1 nitrogen and oxygen atoms in total. The first kappa shape index (κ1) is 50.7. The highest BCUT2D eigenvalue weighted by Crippen LogP contribution is 2.38. The molecule has 354 valence electrons. The maximum absolute atomic E-state index is 16.5. The predicted octanol–water partition coefficient (Wildman–Crippen LogP) is 11.7. The largest absolute Gasteiger partial charge is 0.573 e. The zero-order chi connectivity index (χ0) is 50.1. The average molecular weight is 982 g/mol. The number of rotatable bonds is 10. The molecule has 0 fully saturated rings. The standard InChI is InChI=1S/C46H30BF18OP/c1-17-13-19(3)44(20(4)14-17)67(45-21(5)15-18(2)16-22(45)6)12-11-25(23-7-9-24(10-8-23)46(63,64)65)66-47(26-29(48)35(54)41(60)36(55)30(26)49,27-31(50)37(56)42(61)38(57)32(27)51)28-33(52)39(58)43(62)40(59)34(28)53/h7-10,12-16,25H,11H2,1-6H3. The van der Waals surface area contributed by atoms with Crippen LogP contribution in [0.15, 0.2) is 48.5 Å². The fourth-order valence-corrected chi connectivity index (χ4v) is 11.3. The van der Waals surface area contributed by atoms with Gasteiger partial charge in [0.1, 0.15) is 34.9 Å². The first-order chi connectivity index (χ1) is 31.1. The third kappa shape index (κ3) is 8.59. The SMILES string of the molecule is Cc1cc(C)c([P+](=CCC(O[B-](c2c(F)c(F)c(F)c(F)c2F)(c2c(F)c(F)c(F)c(F)c2F)c2c(F)c(F)c(F)c(F)c2F)c2ccc(C(F)(F)F)cc2)c2c(C)cc(C)cc2C)c(C)c1. The van der Waals surface area contributed by atoms with E-state index in [0.717, 1.165) is 11.1 Å². The summed E-state index contributed by atoms with van der Waals surface area (Å²) in [6.45, 7) is 10.2. The van der Waals surface area contributed by atoms with Crippen LogP contribution >= 0.6 is 7.55 Å². The van der Waals surface area contributed by atoms with Crippen LogP contribution in [0.5, 0.6) is 0 Å². The molecule has 6 aromatic carbocycles. The highest BCUT2D eigenvalue weighted by Gasteiger charge is 2.51. The highest BCUT2D eigenvalue weighted by atomic mass is 31.1. The van der Waals surface area contributed by atoms with Gasteiger partial charge in [0.15, 0.2) is 70.5 Å². The van der Waals surface area contributed by atoms with E-state index in [1.165, 1.54) is 5.80 Å². The van der Waals surface area contributed by atoms with Crippen molar-refractivity contribution in [3.05, 3.63) is 180 Å². The van der Waals surface area contributed by atoms with Gasteiger partial charge in [0.05, 0.1) is 11.4 Å². The number of halogens is 18. The minimum atomic E-state index is -6.55. The summed E-state index contributed by atoms with van der Waals surface area (Å²) in [5.74, 6) is -47.2. The van der Waals surface area contributed by atoms with Crippen molar-refractivity contribution in [2.45, 2.75) is 60.2 Å². The second-order valence-corrected chi connectivity index (χ2v) is 17.8. The molecule has 0 amide bonds. The molecular formula is C46H30BF18OP. The zero-order valence-electron chi connectivity index (χ0n) is 35.2. The summed E-state index contributed by atoms with van der Waals surface area (Å²) in [5, 5.41) is 1.08. The number of aryl methyl sites for hydroxylation is 6. The van der Waals surface area contributed by atoms with E-state index in [2.05, 4.69) is 0 Å². The van der Waals surface area contributed by atoms with Crippen molar-refractivity contribution in [1.29, 1.82) is 0 Å². The third-order valence-electron chi connectivity index (χ3n) is 11.2. The molecule has 0 spiro atoms. The number of hydrogen-bond acceptors (Lipinski definition) is 1. The van der Waals surface area contributed by atoms with E-state index in [9.17, 15) is 26.3 Å². The van der Waals surface area contributed by atoms with Crippen molar-refractivity contribution in [3.8, 4) is 0 Å². The molecule has 1 atom stereocenters. The number of benzene rings is 6. The average Bonchev–Trinajstić information content (AvgIpc) is 3.25. The van der Waals surface area contributed by atoms with E-state index in [0.29, 0.717) is 57.1 Å². The molecule has 0 aromatic heterocycles. The normalized spacial score (nSPS) is 12.5. The van der Waals surface area contributed by atoms with Crippen LogP contribution in [0.25, 0.3) is 0 Å². The first-order valence-electron chi connectivity index (χ1n) is 19.4. The van der Waals surface area contributed by atoms with E-state index >= 15 is 52.7 Å². The lowest BCUT2D eigenvalue weighted by molar-refractivity contribution is -0.137. The Morgan fingerprint density at radius 2 is 0.716 bits per heavy atom. The van der Waals surface area contributed by atoms with E-state index in [1.54, 1.807) is 65.8 Å². The summed E-state index contributed by atoms with van der Waals surface area (Å²) in [7, 11) is -2.02. The Bertz CT molecular complexity index is 2680. The molecule has 0 aliphatic carbocycles. The van der Waals surface area contributed by atoms with Crippen molar-refractivity contribution in [1.82, 2.24) is 0 Å². The molecule has 6 rings (SSSR count). The van der Waals surface area contributed by atoms with Crippen molar-refractivity contribution < 1.29 is 83.7 Å². The smallest absolute Gasteiger partial charge is 0.416 e. The van der Waals surface area contributed by atoms with E-state index in [4.69, 9.17) is 4.65 Å². The highest BCUT2D eigenvalue weighted by molar-refractivity contribution is 7.72. The van der Waals surface area contributed by atoms with Crippen LogP contribution in [0.3, 0.4) is 0 Å². The summed E-state index contributed by atoms with van der Waals surface area (Å²) < 4.78 is 283. The van der Waals surface area contributed by atoms with Crippen molar-refractivity contribution >= 4 is 46.7 Å². The summed E-state index contributed by atoms with van der Waals surface area (Å²) in [6.07, 6.45) is -15.4. The lowest BCUT2D eigenvalue weighted by atomic mass is 9.27. The van der Waals surface area contributed by atoms with Crippen LogP contribution in [-0.4, -0.2) is 12.1 Å². The lowest BCUT2D eigenvalue weighted by Crippen LogP contribution is -2.75. The summed E-state index contributed by atoms with van der Waals surface area (Å²) >= 11 is 0. The van der Waals surface area contributed by atoms with E-state index in [-0.39, 0.29) is 0 Å². The summed E-state index contributed by atoms with van der Waals surface area (Å²) in [5.41, 5.74) is -7.43. The Morgan fingerprint density at radius 1 is 0.448 bits per heavy atom. The Kier molecular flexibility index (Phi) is 13.9. The van der Waals surface area contributed by atoms with Crippen LogP contribution in [-0.2, 0) is 10.8 Å². The van der Waals surface area contributed by atoms with Crippen LogP contribution < -0.4 is 27.0 Å². The second kappa shape index (κ2) is 18.4. The van der Waals surface area contributed by atoms with Crippen molar-refractivity contribution in [2.75, 3.05) is 0 Å². The Morgan fingerprint density at radius 3 is 0.985 bits per heavy atom. The maximum atomic E-state index is 16.5. The third-order valence-corrected chi connectivity index (χ3v) is 14.1. The molecule has 0 saturated heterocycles. The number of hydrogen-bond donors (Lipinski definition) is 0. The van der Waals surface area contributed by atoms with Gasteiger partial charge in [0, 0.05) is 12.5 Å². The van der Waals surface area contributed by atoms with Gasteiger partial charge in [0.2, 0.25) is 6.35 Å². The fourth-order valence-electron chi connectivity index (χ4n) is 8.58. The Labute approximate surface area is 370 Å². The van der Waals surface area contributed by atoms with Crippen LogP contribution in [0.2, 0.25) is 0 Å². The van der Waals surface area contributed by atoms with Gasteiger partial charge in [-0.1, -0.05) is 63.9 Å². The molecule has 67 heavy (non-hydrogen) atoms. The molecule has 0 radical (unpaired) electrons. The van der Waals surface area contributed by atoms with Gasteiger partial charge >= 0.3 is 6.18 Å².